The van der Waals surface area contributed by atoms with E-state index in [4.69, 9.17) is 4.74 Å². The standard InChI is InChI=1S/C19H22BrFN2O2/c1-14-12-15(20)4-9-18(14)22-19(24)13-23(2)10-3-11-25-17-7-5-16(21)6-8-17/h4-9,12H,3,10-11,13H2,1-2H3,(H,22,24). The average Bonchev–Trinajstić information content (AvgIpc) is 2.56. The zero-order chi connectivity index (χ0) is 18.2. The Bertz CT molecular complexity index is 707. The first-order valence-electron chi connectivity index (χ1n) is 8.07. The first-order chi connectivity index (χ1) is 11.9. The Morgan fingerprint density at radius 2 is 1.96 bits per heavy atom. The average molecular weight is 409 g/mol. The molecule has 0 spiro atoms. The van der Waals surface area contributed by atoms with Crippen LogP contribution in [0.2, 0.25) is 0 Å². The summed E-state index contributed by atoms with van der Waals surface area (Å²) >= 11 is 3.41. The maximum Gasteiger partial charge on any atom is 0.238 e. The highest BCUT2D eigenvalue weighted by Crippen LogP contribution is 2.19. The molecule has 0 unspecified atom stereocenters. The van der Waals surface area contributed by atoms with Crippen LogP contribution in [-0.4, -0.2) is 37.6 Å². The molecule has 1 N–H and O–H groups in total. The summed E-state index contributed by atoms with van der Waals surface area (Å²) in [5, 5.41) is 2.92. The maximum absolute atomic E-state index is 12.8. The molecule has 0 aliphatic heterocycles. The van der Waals surface area contributed by atoms with E-state index in [1.54, 1.807) is 12.1 Å². The summed E-state index contributed by atoms with van der Waals surface area (Å²) in [7, 11) is 1.89. The third kappa shape index (κ3) is 6.84. The number of benzene rings is 2. The van der Waals surface area contributed by atoms with Gasteiger partial charge in [-0.15, -0.1) is 0 Å². The summed E-state index contributed by atoms with van der Waals surface area (Å²) in [6.45, 7) is 3.51. The van der Waals surface area contributed by atoms with Crippen molar-refractivity contribution in [1.82, 2.24) is 4.90 Å². The fourth-order valence-electron chi connectivity index (χ4n) is 2.34. The van der Waals surface area contributed by atoms with Crippen LogP contribution in [0.5, 0.6) is 5.75 Å². The molecule has 0 fully saturated rings. The van der Waals surface area contributed by atoms with E-state index < -0.39 is 0 Å². The third-order valence-electron chi connectivity index (χ3n) is 3.64. The van der Waals surface area contributed by atoms with Crippen LogP contribution in [0.4, 0.5) is 10.1 Å². The Morgan fingerprint density at radius 3 is 2.64 bits per heavy atom. The van der Waals surface area contributed by atoms with Crippen molar-refractivity contribution in [3.8, 4) is 5.75 Å². The van der Waals surface area contributed by atoms with E-state index in [-0.39, 0.29) is 11.7 Å². The molecule has 2 rings (SSSR count). The number of nitrogens with one attached hydrogen (secondary N) is 1. The Kier molecular flexibility index (Phi) is 7.40. The van der Waals surface area contributed by atoms with E-state index in [0.717, 1.165) is 28.7 Å². The molecule has 0 bridgehead atoms. The maximum atomic E-state index is 12.8. The van der Waals surface area contributed by atoms with Gasteiger partial charge in [0.25, 0.3) is 0 Å². The number of aryl methyl sites for hydroxylation is 1. The molecule has 0 radical (unpaired) electrons. The SMILES string of the molecule is Cc1cc(Br)ccc1NC(=O)CN(C)CCCOc1ccc(F)cc1. The van der Waals surface area contributed by atoms with Crippen LogP contribution >= 0.6 is 15.9 Å². The molecule has 0 aliphatic rings. The highest BCUT2D eigenvalue weighted by atomic mass is 79.9. The predicted molar refractivity (Wildman–Crippen MR) is 102 cm³/mol. The van der Waals surface area contributed by atoms with Crippen molar-refractivity contribution in [3.63, 3.8) is 0 Å². The number of hydrogen-bond acceptors (Lipinski definition) is 3. The Hall–Kier alpha value is -1.92. The van der Waals surface area contributed by atoms with E-state index in [0.29, 0.717) is 18.9 Å². The van der Waals surface area contributed by atoms with Crippen molar-refractivity contribution in [2.45, 2.75) is 13.3 Å². The first-order valence-corrected chi connectivity index (χ1v) is 8.86. The second-order valence-electron chi connectivity index (χ2n) is 5.90. The number of carbonyl (C=O) groups excluding carboxylic acids is 1. The predicted octanol–water partition coefficient (Wildman–Crippen LogP) is 4.24. The second-order valence-corrected chi connectivity index (χ2v) is 6.82. The molecule has 134 valence electrons. The molecule has 6 heteroatoms. The number of hydrogen-bond donors (Lipinski definition) is 1. The summed E-state index contributed by atoms with van der Waals surface area (Å²) in [4.78, 5) is 14.1. The van der Waals surface area contributed by atoms with Gasteiger partial charge >= 0.3 is 0 Å². The highest BCUT2D eigenvalue weighted by Gasteiger charge is 2.08. The number of carbonyl (C=O) groups is 1. The normalized spacial score (nSPS) is 10.8. The number of ether oxygens (including phenoxy) is 1. The second kappa shape index (κ2) is 9.53. The van der Waals surface area contributed by atoms with Crippen LogP contribution in [0.25, 0.3) is 0 Å². The quantitative estimate of drug-likeness (QED) is 0.664. The summed E-state index contributed by atoms with van der Waals surface area (Å²) in [6, 6.07) is 11.7. The molecule has 2 aromatic carbocycles. The molecule has 0 aromatic heterocycles. The van der Waals surface area contributed by atoms with E-state index in [2.05, 4.69) is 21.2 Å². The summed E-state index contributed by atoms with van der Waals surface area (Å²) < 4.78 is 19.3. The van der Waals surface area contributed by atoms with Crippen LogP contribution < -0.4 is 10.1 Å². The van der Waals surface area contributed by atoms with Crippen molar-refractivity contribution in [3.05, 3.63) is 58.3 Å². The molecular weight excluding hydrogens is 387 g/mol. The zero-order valence-corrected chi connectivity index (χ0v) is 16.0. The molecule has 0 aliphatic carbocycles. The van der Waals surface area contributed by atoms with Crippen molar-refractivity contribution in [2.24, 2.45) is 0 Å². The Morgan fingerprint density at radius 1 is 1.24 bits per heavy atom. The summed E-state index contributed by atoms with van der Waals surface area (Å²) in [6.07, 6.45) is 0.776. The van der Waals surface area contributed by atoms with Gasteiger partial charge in [-0.05, 0) is 68.4 Å². The van der Waals surface area contributed by atoms with Gasteiger partial charge in [-0.1, -0.05) is 15.9 Å². The molecular formula is C19H22BrFN2O2. The molecule has 0 heterocycles. The fraction of sp³-hybridized carbons (Fsp3) is 0.316. The van der Waals surface area contributed by atoms with Gasteiger partial charge in [-0.2, -0.15) is 0 Å². The van der Waals surface area contributed by atoms with Crippen LogP contribution in [0.3, 0.4) is 0 Å². The molecule has 1 amide bonds. The van der Waals surface area contributed by atoms with Gasteiger partial charge in [0, 0.05) is 16.7 Å². The molecule has 0 saturated heterocycles. The van der Waals surface area contributed by atoms with Gasteiger partial charge in [-0.3, -0.25) is 9.69 Å². The lowest BCUT2D eigenvalue weighted by atomic mass is 10.2. The number of amides is 1. The number of nitrogens with zero attached hydrogens (tertiary/aromatic N) is 1. The molecule has 25 heavy (non-hydrogen) atoms. The highest BCUT2D eigenvalue weighted by molar-refractivity contribution is 9.10. The topological polar surface area (TPSA) is 41.6 Å². The fourth-order valence-corrected chi connectivity index (χ4v) is 2.81. The lowest BCUT2D eigenvalue weighted by molar-refractivity contribution is -0.117. The first kappa shape index (κ1) is 19.4. The minimum atomic E-state index is -0.279. The number of likely N-dealkylation sites (N-methyl/N-ethyl adjacent to an activating group) is 1. The zero-order valence-electron chi connectivity index (χ0n) is 14.4. The number of anilines is 1. The summed E-state index contributed by atoms with van der Waals surface area (Å²) in [5.41, 5.74) is 1.83. The number of rotatable bonds is 8. The van der Waals surface area contributed by atoms with Gasteiger partial charge in [0.05, 0.1) is 13.2 Å². The Labute approximate surface area is 156 Å². The van der Waals surface area contributed by atoms with E-state index in [1.165, 1.54) is 12.1 Å². The summed E-state index contributed by atoms with van der Waals surface area (Å²) in [5.74, 6) is 0.319. The van der Waals surface area contributed by atoms with E-state index >= 15 is 0 Å². The lowest BCUT2D eigenvalue weighted by Crippen LogP contribution is -2.31. The monoisotopic (exact) mass is 408 g/mol. The minimum absolute atomic E-state index is 0.0487. The van der Waals surface area contributed by atoms with Gasteiger partial charge in [-0.25, -0.2) is 4.39 Å². The largest absolute Gasteiger partial charge is 0.494 e. The van der Waals surface area contributed by atoms with Crippen LogP contribution in [0.1, 0.15) is 12.0 Å². The molecule has 2 aromatic rings. The van der Waals surface area contributed by atoms with Crippen molar-refractivity contribution >= 4 is 27.5 Å². The third-order valence-corrected chi connectivity index (χ3v) is 4.14. The van der Waals surface area contributed by atoms with E-state index in [9.17, 15) is 9.18 Å². The van der Waals surface area contributed by atoms with Crippen molar-refractivity contribution in [1.29, 1.82) is 0 Å². The molecule has 0 saturated carbocycles. The van der Waals surface area contributed by atoms with Crippen LogP contribution in [0, 0.1) is 12.7 Å². The van der Waals surface area contributed by atoms with Crippen LogP contribution in [0.15, 0.2) is 46.9 Å². The van der Waals surface area contributed by atoms with Crippen LogP contribution in [-0.2, 0) is 4.79 Å². The minimum Gasteiger partial charge on any atom is -0.494 e. The van der Waals surface area contributed by atoms with Crippen molar-refractivity contribution in [2.75, 3.05) is 32.1 Å². The Balaban J connectivity index is 1.68. The lowest BCUT2D eigenvalue weighted by Gasteiger charge is -2.17. The van der Waals surface area contributed by atoms with Gasteiger partial charge < -0.3 is 10.1 Å². The smallest absolute Gasteiger partial charge is 0.238 e. The molecule has 0 atom stereocenters. The van der Waals surface area contributed by atoms with E-state index in [1.807, 2.05) is 37.1 Å². The molecule has 4 nitrogen and oxygen atoms in total. The van der Waals surface area contributed by atoms with Gasteiger partial charge in [0.1, 0.15) is 11.6 Å². The number of halogens is 2. The van der Waals surface area contributed by atoms with Gasteiger partial charge in [0.2, 0.25) is 5.91 Å². The van der Waals surface area contributed by atoms with Crippen molar-refractivity contribution < 1.29 is 13.9 Å². The van der Waals surface area contributed by atoms with Gasteiger partial charge in [0.15, 0.2) is 0 Å².